The van der Waals surface area contributed by atoms with Crippen molar-refractivity contribution in [3.63, 3.8) is 0 Å². The topological polar surface area (TPSA) is 34.1 Å². The van der Waals surface area contributed by atoms with E-state index in [0.717, 1.165) is 18.7 Å². The molecule has 2 unspecified atom stereocenters. The molecule has 2 atom stereocenters. The number of nitrogens with one attached hydrogen (secondary N) is 1. The van der Waals surface area contributed by atoms with Crippen molar-refractivity contribution in [3.05, 3.63) is 29.8 Å². The average Bonchev–Trinajstić information content (AvgIpc) is 2.34. The van der Waals surface area contributed by atoms with Crippen LogP contribution < -0.4 is 5.32 Å². The summed E-state index contributed by atoms with van der Waals surface area (Å²) in [6.45, 7) is 7.52. The Morgan fingerprint density at radius 2 is 2.18 bits per heavy atom. The number of halogens is 1. The van der Waals surface area contributed by atoms with Gasteiger partial charge in [0.2, 0.25) is 0 Å². The van der Waals surface area contributed by atoms with Gasteiger partial charge in [-0.1, -0.05) is 6.92 Å². The number of hydrogen-bond donors (Lipinski definition) is 1. The van der Waals surface area contributed by atoms with E-state index in [9.17, 15) is 4.39 Å². The van der Waals surface area contributed by atoms with Crippen LogP contribution in [0.3, 0.4) is 0 Å². The molecule has 0 aliphatic carbocycles. The summed E-state index contributed by atoms with van der Waals surface area (Å²) in [5.41, 5.74) is 0.872. The first-order chi connectivity index (χ1) is 8.17. The van der Waals surface area contributed by atoms with Crippen LogP contribution in [0.1, 0.15) is 38.9 Å². The van der Waals surface area contributed by atoms with Crippen molar-refractivity contribution in [2.75, 3.05) is 13.2 Å². The number of pyridine rings is 1. The van der Waals surface area contributed by atoms with E-state index in [2.05, 4.69) is 24.1 Å². The average molecular weight is 240 g/mol. The molecule has 4 heteroatoms. The first-order valence-electron chi connectivity index (χ1n) is 6.12. The zero-order chi connectivity index (χ0) is 12.7. The number of aromatic nitrogens is 1. The minimum atomic E-state index is -0.300. The molecule has 0 saturated carbocycles. The van der Waals surface area contributed by atoms with Crippen molar-refractivity contribution in [1.82, 2.24) is 10.3 Å². The maximum Gasteiger partial charge on any atom is 0.141 e. The van der Waals surface area contributed by atoms with Crippen molar-refractivity contribution in [2.45, 2.75) is 39.3 Å². The van der Waals surface area contributed by atoms with Crippen LogP contribution >= 0.6 is 0 Å². The molecule has 1 aromatic heterocycles. The summed E-state index contributed by atoms with van der Waals surface area (Å²) in [5.74, 6) is -0.300. The highest BCUT2D eigenvalue weighted by Gasteiger charge is 2.13. The summed E-state index contributed by atoms with van der Waals surface area (Å²) < 4.78 is 18.1. The molecule has 0 aromatic carbocycles. The van der Waals surface area contributed by atoms with Gasteiger partial charge < -0.3 is 10.1 Å². The first-order valence-corrected chi connectivity index (χ1v) is 6.12. The Hall–Kier alpha value is -1.00. The van der Waals surface area contributed by atoms with Gasteiger partial charge >= 0.3 is 0 Å². The largest absolute Gasteiger partial charge is 0.380 e. The molecule has 1 heterocycles. The molecule has 0 amide bonds. The Balaban J connectivity index is 2.56. The van der Waals surface area contributed by atoms with Gasteiger partial charge in [-0.2, -0.15) is 0 Å². The fraction of sp³-hybridized carbons (Fsp3) is 0.615. The lowest BCUT2D eigenvalue weighted by molar-refractivity contribution is 0.123. The van der Waals surface area contributed by atoms with Gasteiger partial charge in [-0.25, -0.2) is 4.39 Å². The van der Waals surface area contributed by atoms with E-state index in [4.69, 9.17) is 4.74 Å². The van der Waals surface area contributed by atoms with Crippen LogP contribution in [0.25, 0.3) is 0 Å². The molecule has 1 N–H and O–H groups in total. The second-order valence-electron chi connectivity index (χ2n) is 4.09. The zero-order valence-corrected chi connectivity index (χ0v) is 10.7. The number of ether oxygens (including phenoxy) is 1. The minimum Gasteiger partial charge on any atom is -0.380 e. The lowest BCUT2D eigenvalue weighted by Gasteiger charge is -2.21. The van der Waals surface area contributed by atoms with E-state index < -0.39 is 0 Å². The van der Waals surface area contributed by atoms with Crippen molar-refractivity contribution >= 4 is 0 Å². The Labute approximate surface area is 102 Å². The van der Waals surface area contributed by atoms with E-state index >= 15 is 0 Å². The van der Waals surface area contributed by atoms with Crippen LogP contribution in [0.2, 0.25) is 0 Å². The van der Waals surface area contributed by atoms with E-state index in [1.54, 1.807) is 6.07 Å². The summed E-state index contributed by atoms with van der Waals surface area (Å²) in [5, 5.41) is 3.43. The molecule has 1 aromatic rings. The lowest BCUT2D eigenvalue weighted by Crippen LogP contribution is -2.34. The zero-order valence-electron chi connectivity index (χ0n) is 10.7. The predicted octanol–water partition coefficient (Wildman–Crippen LogP) is 2.69. The van der Waals surface area contributed by atoms with Crippen LogP contribution in [-0.2, 0) is 4.74 Å². The van der Waals surface area contributed by atoms with Gasteiger partial charge in [-0.05, 0) is 32.4 Å². The molecule has 0 radical (unpaired) electrons. The molecule has 0 spiro atoms. The minimum absolute atomic E-state index is 0.144. The lowest BCUT2D eigenvalue weighted by atomic mass is 10.1. The van der Waals surface area contributed by atoms with Gasteiger partial charge in [0.25, 0.3) is 0 Å². The maximum absolute atomic E-state index is 12.8. The predicted molar refractivity (Wildman–Crippen MR) is 66.3 cm³/mol. The molecule has 0 saturated heterocycles. The summed E-state index contributed by atoms with van der Waals surface area (Å²) in [4.78, 5) is 4.10. The van der Waals surface area contributed by atoms with Crippen LogP contribution in [-0.4, -0.2) is 24.2 Å². The molecule has 1 rings (SSSR count). The molecule has 3 nitrogen and oxygen atoms in total. The summed E-state index contributed by atoms with van der Waals surface area (Å²) in [6.07, 6.45) is 2.17. The first kappa shape index (κ1) is 14.1. The number of nitrogens with zero attached hydrogens (tertiary/aromatic N) is 1. The van der Waals surface area contributed by atoms with Crippen molar-refractivity contribution in [1.29, 1.82) is 0 Å². The second kappa shape index (κ2) is 7.35. The van der Waals surface area contributed by atoms with Gasteiger partial charge in [0.15, 0.2) is 0 Å². The molecule has 0 fully saturated rings. The fourth-order valence-corrected chi connectivity index (χ4v) is 1.69. The molecular formula is C13H21FN2O. The van der Waals surface area contributed by atoms with Crippen LogP contribution in [0.4, 0.5) is 4.39 Å². The maximum atomic E-state index is 12.8. The third-order valence-corrected chi connectivity index (χ3v) is 2.57. The van der Waals surface area contributed by atoms with E-state index in [1.165, 1.54) is 12.3 Å². The Morgan fingerprint density at radius 1 is 1.41 bits per heavy atom. The highest BCUT2D eigenvalue weighted by atomic mass is 19.1. The smallest absolute Gasteiger partial charge is 0.141 e. The molecule has 0 bridgehead atoms. The quantitative estimate of drug-likeness (QED) is 0.795. The SMILES string of the molecule is CCOCC(C)NC(CC)c1ccc(F)cn1. The third-order valence-electron chi connectivity index (χ3n) is 2.57. The summed E-state index contributed by atoms with van der Waals surface area (Å²) >= 11 is 0. The van der Waals surface area contributed by atoms with Crippen molar-refractivity contribution in [3.8, 4) is 0 Å². The van der Waals surface area contributed by atoms with E-state index in [0.29, 0.717) is 6.61 Å². The molecular weight excluding hydrogens is 219 g/mol. The third kappa shape index (κ3) is 4.79. The fourth-order valence-electron chi connectivity index (χ4n) is 1.69. The van der Waals surface area contributed by atoms with Crippen LogP contribution in [0, 0.1) is 5.82 Å². The van der Waals surface area contributed by atoms with Gasteiger partial charge in [0, 0.05) is 18.7 Å². The van der Waals surface area contributed by atoms with E-state index in [1.807, 2.05) is 6.92 Å². The standard InChI is InChI=1S/C13H21FN2O/c1-4-12(16-10(3)9-17-5-2)13-7-6-11(14)8-15-13/h6-8,10,12,16H,4-5,9H2,1-3H3. The Kier molecular flexibility index (Phi) is 6.08. The Morgan fingerprint density at radius 3 is 2.71 bits per heavy atom. The summed E-state index contributed by atoms with van der Waals surface area (Å²) in [7, 11) is 0. The second-order valence-corrected chi connectivity index (χ2v) is 4.09. The normalized spacial score (nSPS) is 14.6. The van der Waals surface area contributed by atoms with Crippen LogP contribution in [0.15, 0.2) is 18.3 Å². The highest BCUT2D eigenvalue weighted by Crippen LogP contribution is 2.14. The van der Waals surface area contributed by atoms with E-state index in [-0.39, 0.29) is 17.9 Å². The summed E-state index contributed by atoms with van der Waals surface area (Å²) in [6, 6.07) is 3.57. The van der Waals surface area contributed by atoms with Gasteiger partial charge in [0.1, 0.15) is 5.82 Å². The monoisotopic (exact) mass is 240 g/mol. The number of rotatable bonds is 7. The number of hydrogen-bond acceptors (Lipinski definition) is 3. The molecule has 0 aliphatic heterocycles. The molecule has 0 aliphatic rings. The highest BCUT2D eigenvalue weighted by molar-refractivity contribution is 5.09. The van der Waals surface area contributed by atoms with Crippen molar-refractivity contribution in [2.24, 2.45) is 0 Å². The molecule has 96 valence electrons. The van der Waals surface area contributed by atoms with Crippen LogP contribution in [0.5, 0.6) is 0 Å². The molecule has 17 heavy (non-hydrogen) atoms. The van der Waals surface area contributed by atoms with Crippen molar-refractivity contribution < 1.29 is 9.13 Å². The van der Waals surface area contributed by atoms with Gasteiger partial charge in [-0.3, -0.25) is 4.98 Å². The van der Waals surface area contributed by atoms with Gasteiger partial charge in [0.05, 0.1) is 18.5 Å². The Bertz CT molecular complexity index is 316. The van der Waals surface area contributed by atoms with Gasteiger partial charge in [-0.15, -0.1) is 0 Å².